The molecule has 0 aliphatic heterocycles. The minimum Gasteiger partial charge on any atom is -0.493 e. The number of hydrogen-bond donors (Lipinski definition) is 0. The van der Waals surface area contributed by atoms with Crippen molar-refractivity contribution in [3.8, 4) is 5.75 Å². The summed E-state index contributed by atoms with van der Waals surface area (Å²) in [5, 5.41) is 13.3. The average Bonchev–Trinajstić information content (AvgIpc) is 3.14. The molecule has 1 saturated carbocycles. The maximum Gasteiger partial charge on any atom is 0.209 e. The minimum absolute atomic E-state index is 0.506. The van der Waals surface area contributed by atoms with Crippen LogP contribution in [0.2, 0.25) is 5.02 Å². The van der Waals surface area contributed by atoms with E-state index in [2.05, 4.69) is 15.5 Å². The molecule has 1 heterocycles. The maximum atomic E-state index is 5.89. The van der Waals surface area contributed by atoms with E-state index in [1.165, 1.54) is 12.8 Å². The molecule has 0 saturated heterocycles. The van der Waals surface area contributed by atoms with Gasteiger partial charge in [-0.05, 0) is 41.5 Å². The van der Waals surface area contributed by atoms with Crippen molar-refractivity contribution in [3.63, 3.8) is 0 Å². The zero-order chi connectivity index (χ0) is 13.1. The summed E-state index contributed by atoms with van der Waals surface area (Å²) in [6, 6.07) is 7.91. The average molecular weight is 297 g/mol. The molecular formula is C12H13ClN4OS. The quantitative estimate of drug-likeness (QED) is 0.606. The molecule has 5 nitrogen and oxygen atoms in total. The Morgan fingerprint density at radius 2 is 2.32 bits per heavy atom. The van der Waals surface area contributed by atoms with E-state index in [1.54, 1.807) is 17.8 Å². The topological polar surface area (TPSA) is 52.8 Å². The summed E-state index contributed by atoms with van der Waals surface area (Å²) in [6.45, 7) is 0.600. The molecule has 1 aliphatic rings. The van der Waals surface area contributed by atoms with Crippen LogP contribution in [0.3, 0.4) is 0 Å². The Bertz CT molecular complexity index is 558. The fourth-order valence-electron chi connectivity index (χ4n) is 1.68. The maximum absolute atomic E-state index is 5.89. The Morgan fingerprint density at radius 3 is 3.11 bits per heavy atom. The van der Waals surface area contributed by atoms with Crippen molar-refractivity contribution in [1.82, 2.24) is 20.2 Å². The summed E-state index contributed by atoms with van der Waals surface area (Å²) < 4.78 is 7.52. The van der Waals surface area contributed by atoms with E-state index < -0.39 is 0 Å². The van der Waals surface area contributed by atoms with Crippen molar-refractivity contribution < 1.29 is 4.74 Å². The number of halogens is 1. The van der Waals surface area contributed by atoms with Crippen molar-refractivity contribution in [3.05, 3.63) is 29.3 Å². The first-order chi connectivity index (χ1) is 9.33. The monoisotopic (exact) mass is 296 g/mol. The van der Waals surface area contributed by atoms with Crippen molar-refractivity contribution >= 4 is 23.4 Å². The zero-order valence-electron chi connectivity index (χ0n) is 10.2. The summed E-state index contributed by atoms with van der Waals surface area (Å²) in [5.41, 5.74) is 0. The molecule has 7 heteroatoms. The van der Waals surface area contributed by atoms with Gasteiger partial charge in [0.15, 0.2) is 0 Å². The van der Waals surface area contributed by atoms with Crippen LogP contribution < -0.4 is 4.74 Å². The fourth-order valence-corrected chi connectivity index (χ4v) is 2.62. The van der Waals surface area contributed by atoms with E-state index in [9.17, 15) is 0 Å². The highest BCUT2D eigenvalue weighted by atomic mass is 35.5. The number of nitrogens with zero attached hydrogens (tertiary/aromatic N) is 4. The number of ether oxygens (including phenoxy) is 1. The molecule has 1 aromatic heterocycles. The molecule has 3 rings (SSSR count). The third-order valence-electron chi connectivity index (χ3n) is 2.73. The number of tetrazole rings is 1. The summed E-state index contributed by atoms with van der Waals surface area (Å²) in [5.74, 6) is 1.59. The Kier molecular flexibility index (Phi) is 3.89. The lowest BCUT2D eigenvalue weighted by Crippen LogP contribution is -2.03. The molecule has 0 unspecified atom stereocenters. The zero-order valence-corrected chi connectivity index (χ0v) is 11.8. The predicted octanol–water partition coefficient (Wildman–Crippen LogP) is 2.83. The molecule has 2 aromatic rings. The molecule has 1 aromatic carbocycles. The second-order valence-corrected chi connectivity index (χ2v) is 5.79. The first-order valence-corrected chi connectivity index (χ1v) is 7.48. The molecule has 0 radical (unpaired) electrons. The molecule has 0 amide bonds. The van der Waals surface area contributed by atoms with Crippen molar-refractivity contribution in [1.29, 1.82) is 0 Å². The van der Waals surface area contributed by atoms with Crippen LogP contribution in [0.15, 0.2) is 29.4 Å². The number of hydrogen-bond acceptors (Lipinski definition) is 5. The van der Waals surface area contributed by atoms with Gasteiger partial charge < -0.3 is 4.74 Å². The molecule has 0 atom stereocenters. The van der Waals surface area contributed by atoms with Crippen LogP contribution in [-0.2, 0) is 0 Å². The number of rotatable bonds is 6. The van der Waals surface area contributed by atoms with Gasteiger partial charge in [-0.2, -0.15) is 0 Å². The van der Waals surface area contributed by atoms with Crippen molar-refractivity contribution in [2.45, 2.75) is 24.0 Å². The lowest BCUT2D eigenvalue weighted by molar-refractivity contribution is 0.344. The van der Waals surface area contributed by atoms with Gasteiger partial charge in [-0.1, -0.05) is 29.4 Å². The van der Waals surface area contributed by atoms with E-state index in [0.29, 0.717) is 17.7 Å². The molecule has 0 N–H and O–H groups in total. The van der Waals surface area contributed by atoms with E-state index in [1.807, 2.05) is 22.9 Å². The predicted molar refractivity (Wildman–Crippen MR) is 73.8 cm³/mol. The lowest BCUT2D eigenvalue weighted by atomic mass is 10.3. The van der Waals surface area contributed by atoms with Crippen LogP contribution in [0, 0.1) is 0 Å². The van der Waals surface area contributed by atoms with E-state index in [4.69, 9.17) is 16.3 Å². The van der Waals surface area contributed by atoms with Crippen LogP contribution in [0.5, 0.6) is 5.75 Å². The highest BCUT2D eigenvalue weighted by molar-refractivity contribution is 7.99. The van der Waals surface area contributed by atoms with Crippen LogP contribution in [0.4, 0.5) is 0 Å². The number of aromatic nitrogens is 4. The fraction of sp³-hybridized carbons (Fsp3) is 0.417. The van der Waals surface area contributed by atoms with Crippen molar-refractivity contribution in [2.75, 3.05) is 12.4 Å². The normalized spacial score (nSPS) is 14.6. The van der Waals surface area contributed by atoms with E-state index in [0.717, 1.165) is 16.7 Å². The van der Waals surface area contributed by atoms with Gasteiger partial charge in [0.25, 0.3) is 0 Å². The van der Waals surface area contributed by atoms with Gasteiger partial charge in [-0.3, -0.25) is 0 Å². The molecule has 1 aliphatic carbocycles. The third kappa shape index (κ3) is 3.39. The lowest BCUT2D eigenvalue weighted by Gasteiger charge is -2.06. The van der Waals surface area contributed by atoms with Gasteiger partial charge in [0.2, 0.25) is 5.16 Å². The van der Waals surface area contributed by atoms with E-state index >= 15 is 0 Å². The summed E-state index contributed by atoms with van der Waals surface area (Å²) in [4.78, 5) is 0. The van der Waals surface area contributed by atoms with E-state index in [-0.39, 0.29) is 0 Å². The Hall–Kier alpha value is -1.27. The first-order valence-electron chi connectivity index (χ1n) is 6.12. The van der Waals surface area contributed by atoms with Gasteiger partial charge in [0.1, 0.15) is 5.75 Å². The smallest absolute Gasteiger partial charge is 0.209 e. The highest BCUT2D eigenvalue weighted by Gasteiger charge is 2.27. The van der Waals surface area contributed by atoms with Crippen LogP contribution >= 0.6 is 23.4 Å². The Labute approximate surface area is 120 Å². The summed E-state index contributed by atoms with van der Waals surface area (Å²) >= 11 is 7.50. The second-order valence-electron chi connectivity index (χ2n) is 4.29. The van der Waals surface area contributed by atoms with Crippen molar-refractivity contribution in [2.24, 2.45) is 0 Å². The SMILES string of the molecule is Clc1cccc(OCCSc2nnnn2C2CC2)c1. The van der Waals surface area contributed by atoms with Gasteiger partial charge in [0.05, 0.1) is 12.6 Å². The summed E-state index contributed by atoms with van der Waals surface area (Å²) in [7, 11) is 0. The number of thioether (sulfide) groups is 1. The largest absolute Gasteiger partial charge is 0.493 e. The highest BCUT2D eigenvalue weighted by Crippen LogP contribution is 2.36. The van der Waals surface area contributed by atoms with Gasteiger partial charge in [-0.25, -0.2) is 4.68 Å². The Balaban J connectivity index is 1.46. The first kappa shape index (κ1) is 12.7. The van der Waals surface area contributed by atoms with Gasteiger partial charge in [0, 0.05) is 10.8 Å². The molecular weight excluding hydrogens is 284 g/mol. The standard InChI is InChI=1S/C12H13ClN4OS/c13-9-2-1-3-11(8-9)18-6-7-19-12-14-15-16-17(12)10-4-5-10/h1-3,8,10H,4-7H2. The molecule has 0 bridgehead atoms. The van der Waals surface area contributed by atoms with Gasteiger partial charge >= 0.3 is 0 Å². The summed E-state index contributed by atoms with van der Waals surface area (Å²) in [6.07, 6.45) is 2.36. The van der Waals surface area contributed by atoms with Crippen LogP contribution in [0.25, 0.3) is 0 Å². The van der Waals surface area contributed by atoms with Crippen LogP contribution in [0.1, 0.15) is 18.9 Å². The third-order valence-corrected chi connectivity index (χ3v) is 3.87. The number of benzene rings is 1. The second kappa shape index (κ2) is 5.79. The minimum atomic E-state index is 0.506. The van der Waals surface area contributed by atoms with Gasteiger partial charge in [-0.15, -0.1) is 5.10 Å². The molecule has 19 heavy (non-hydrogen) atoms. The van der Waals surface area contributed by atoms with Crippen LogP contribution in [-0.4, -0.2) is 32.6 Å². The molecule has 0 spiro atoms. The molecule has 1 fully saturated rings. The Morgan fingerprint density at radius 1 is 1.42 bits per heavy atom. The molecule has 100 valence electrons.